The minimum atomic E-state index is -1.01. The molecule has 0 spiro atoms. The summed E-state index contributed by atoms with van der Waals surface area (Å²) >= 11 is 0. The lowest BCUT2D eigenvalue weighted by Gasteiger charge is -2.08. The average Bonchev–Trinajstić information content (AvgIpc) is 2.37. The average molecular weight is 246 g/mol. The van der Waals surface area contributed by atoms with E-state index in [0.29, 0.717) is 5.56 Å². The first-order chi connectivity index (χ1) is 8.63. The van der Waals surface area contributed by atoms with Crippen molar-refractivity contribution in [2.75, 3.05) is 0 Å². The monoisotopic (exact) mass is 246 g/mol. The van der Waals surface area contributed by atoms with Gasteiger partial charge in [-0.05, 0) is 24.6 Å². The van der Waals surface area contributed by atoms with E-state index in [4.69, 9.17) is 4.74 Å². The highest BCUT2D eigenvalue weighted by molar-refractivity contribution is 5.65. The first-order valence-electron chi connectivity index (χ1n) is 5.46. The number of hydrogen-bond acceptors (Lipinski definition) is 1. The van der Waals surface area contributed by atoms with Gasteiger partial charge in [-0.25, -0.2) is 4.39 Å². The highest BCUT2D eigenvalue weighted by Crippen LogP contribution is 2.29. The van der Waals surface area contributed by atoms with Crippen LogP contribution in [0.1, 0.15) is 5.56 Å². The van der Waals surface area contributed by atoms with Gasteiger partial charge in [-0.2, -0.15) is 4.39 Å². The van der Waals surface area contributed by atoms with Crippen molar-refractivity contribution in [3.05, 3.63) is 66.4 Å². The molecule has 92 valence electrons. The van der Waals surface area contributed by atoms with E-state index < -0.39 is 11.6 Å². The van der Waals surface area contributed by atoms with Crippen molar-refractivity contribution in [1.29, 1.82) is 0 Å². The SMILES string of the molecule is C=COc1ccc(-c2ccc(C)cc2)c(F)c1F. The molecule has 2 rings (SSSR count). The number of rotatable bonds is 3. The molecule has 0 aliphatic carbocycles. The molecule has 1 nitrogen and oxygen atoms in total. The predicted octanol–water partition coefficient (Wildman–Crippen LogP) is 4.46. The van der Waals surface area contributed by atoms with Gasteiger partial charge in [0.25, 0.3) is 0 Å². The number of hydrogen-bond donors (Lipinski definition) is 0. The van der Waals surface area contributed by atoms with Gasteiger partial charge in [0.2, 0.25) is 5.82 Å². The van der Waals surface area contributed by atoms with Crippen molar-refractivity contribution in [3.8, 4) is 16.9 Å². The van der Waals surface area contributed by atoms with E-state index in [1.54, 1.807) is 12.1 Å². The first kappa shape index (κ1) is 12.3. The molecule has 0 fully saturated rings. The number of halogens is 2. The second-order valence-corrected chi connectivity index (χ2v) is 3.89. The first-order valence-corrected chi connectivity index (χ1v) is 5.46. The van der Waals surface area contributed by atoms with Crippen LogP contribution in [0.2, 0.25) is 0 Å². The standard InChI is InChI=1S/C15H12F2O/c1-3-18-13-9-8-12(14(16)15(13)17)11-6-4-10(2)5-7-11/h3-9H,1H2,2H3. The van der Waals surface area contributed by atoms with E-state index in [-0.39, 0.29) is 11.3 Å². The van der Waals surface area contributed by atoms with E-state index in [1.807, 2.05) is 19.1 Å². The number of aryl methyl sites for hydroxylation is 1. The van der Waals surface area contributed by atoms with Crippen LogP contribution in [0.25, 0.3) is 11.1 Å². The third-order valence-electron chi connectivity index (χ3n) is 2.62. The van der Waals surface area contributed by atoms with Gasteiger partial charge >= 0.3 is 0 Å². The molecule has 0 radical (unpaired) electrons. The topological polar surface area (TPSA) is 9.23 Å². The second-order valence-electron chi connectivity index (χ2n) is 3.89. The molecule has 2 aromatic carbocycles. The maximum atomic E-state index is 13.9. The maximum absolute atomic E-state index is 13.9. The molecule has 3 heteroatoms. The highest BCUT2D eigenvalue weighted by Gasteiger charge is 2.15. The normalized spacial score (nSPS) is 10.2. The Balaban J connectivity index is 2.49. The van der Waals surface area contributed by atoms with E-state index in [9.17, 15) is 8.78 Å². The van der Waals surface area contributed by atoms with E-state index in [0.717, 1.165) is 11.8 Å². The lowest BCUT2D eigenvalue weighted by Crippen LogP contribution is -1.94. The lowest BCUT2D eigenvalue weighted by molar-refractivity contribution is 0.417. The van der Waals surface area contributed by atoms with Crippen LogP contribution in [-0.2, 0) is 0 Å². The van der Waals surface area contributed by atoms with Gasteiger partial charge in [0.1, 0.15) is 0 Å². The maximum Gasteiger partial charge on any atom is 0.201 e. The number of ether oxygens (including phenoxy) is 1. The van der Waals surface area contributed by atoms with E-state index >= 15 is 0 Å². The summed E-state index contributed by atoms with van der Waals surface area (Å²) in [5.74, 6) is -2.09. The molecule has 18 heavy (non-hydrogen) atoms. The molecule has 2 aromatic rings. The molecular formula is C15H12F2O. The molecule has 0 heterocycles. The van der Waals surface area contributed by atoms with Gasteiger partial charge in [0.05, 0.1) is 6.26 Å². The molecule has 0 aliphatic rings. The second kappa shape index (κ2) is 5.00. The van der Waals surface area contributed by atoms with Crippen LogP contribution in [0.4, 0.5) is 8.78 Å². The van der Waals surface area contributed by atoms with Gasteiger partial charge in [0, 0.05) is 5.56 Å². The van der Waals surface area contributed by atoms with Gasteiger partial charge in [-0.1, -0.05) is 36.4 Å². The Hall–Kier alpha value is -2.16. The van der Waals surface area contributed by atoms with Crippen LogP contribution in [-0.4, -0.2) is 0 Å². The summed E-state index contributed by atoms with van der Waals surface area (Å²) in [5.41, 5.74) is 1.90. The van der Waals surface area contributed by atoms with Crippen LogP contribution in [0.15, 0.2) is 49.2 Å². The lowest BCUT2D eigenvalue weighted by atomic mass is 10.0. The van der Waals surface area contributed by atoms with Gasteiger partial charge in [0.15, 0.2) is 11.6 Å². The van der Waals surface area contributed by atoms with E-state index in [2.05, 4.69) is 6.58 Å². The molecule has 0 aliphatic heterocycles. The fraction of sp³-hybridized carbons (Fsp3) is 0.0667. The summed E-state index contributed by atoms with van der Waals surface area (Å²) in [6.07, 6.45) is 1.06. The minimum Gasteiger partial charge on any atom is -0.462 e. The van der Waals surface area contributed by atoms with Crippen molar-refractivity contribution < 1.29 is 13.5 Å². The van der Waals surface area contributed by atoms with Gasteiger partial charge < -0.3 is 4.74 Å². The van der Waals surface area contributed by atoms with E-state index in [1.165, 1.54) is 12.1 Å². The molecule has 0 atom stereocenters. The Morgan fingerprint density at radius 1 is 1.00 bits per heavy atom. The third kappa shape index (κ3) is 2.25. The summed E-state index contributed by atoms with van der Waals surface area (Å²) in [5, 5.41) is 0. The summed E-state index contributed by atoms with van der Waals surface area (Å²) in [7, 11) is 0. The molecule has 0 saturated heterocycles. The van der Waals surface area contributed by atoms with Crippen LogP contribution >= 0.6 is 0 Å². The van der Waals surface area contributed by atoms with Crippen molar-refractivity contribution in [2.45, 2.75) is 6.92 Å². The smallest absolute Gasteiger partial charge is 0.201 e. The quantitative estimate of drug-likeness (QED) is 0.726. The molecule has 0 unspecified atom stereocenters. The molecule has 0 saturated carbocycles. The minimum absolute atomic E-state index is 0.168. The zero-order valence-electron chi connectivity index (χ0n) is 9.91. The Morgan fingerprint density at radius 2 is 1.67 bits per heavy atom. The Morgan fingerprint density at radius 3 is 2.28 bits per heavy atom. The van der Waals surface area contributed by atoms with Crippen LogP contribution in [0, 0.1) is 18.6 Å². The zero-order valence-corrected chi connectivity index (χ0v) is 9.91. The number of benzene rings is 2. The Bertz CT molecular complexity index is 574. The molecule has 0 bridgehead atoms. The zero-order chi connectivity index (χ0) is 13.1. The molecule has 0 N–H and O–H groups in total. The van der Waals surface area contributed by atoms with Crippen LogP contribution in [0.5, 0.6) is 5.75 Å². The molecule has 0 aromatic heterocycles. The fourth-order valence-corrected chi connectivity index (χ4v) is 1.67. The summed E-state index contributed by atoms with van der Waals surface area (Å²) in [6, 6.07) is 10.1. The summed E-state index contributed by atoms with van der Waals surface area (Å²) in [6.45, 7) is 5.24. The Labute approximate surface area is 104 Å². The van der Waals surface area contributed by atoms with Crippen molar-refractivity contribution >= 4 is 0 Å². The largest absolute Gasteiger partial charge is 0.462 e. The van der Waals surface area contributed by atoms with Crippen LogP contribution < -0.4 is 4.74 Å². The van der Waals surface area contributed by atoms with Gasteiger partial charge in [-0.15, -0.1) is 0 Å². The van der Waals surface area contributed by atoms with Crippen molar-refractivity contribution in [3.63, 3.8) is 0 Å². The predicted molar refractivity (Wildman–Crippen MR) is 67.4 cm³/mol. The fourth-order valence-electron chi connectivity index (χ4n) is 1.67. The molecule has 0 amide bonds. The van der Waals surface area contributed by atoms with Crippen molar-refractivity contribution in [2.24, 2.45) is 0 Å². The third-order valence-corrected chi connectivity index (χ3v) is 2.62. The highest BCUT2D eigenvalue weighted by atomic mass is 19.2. The van der Waals surface area contributed by atoms with Crippen molar-refractivity contribution in [1.82, 2.24) is 0 Å². The summed E-state index contributed by atoms with van der Waals surface area (Å²) < 4.78 is 32.3. The Kier molecular flexibility index (Phi) is 3.42. The molecular weight excluding hydrogens is 234 g/mol. The van der Waals surface area contributed by atoms with Crippen LogP contribution in [0.3, 0.4) is 0 Å². The van der Waals surface area contributed by atoms with Gasteiger partial charge in [-0.3, -0.25) is 0 Å². The summed E-state index contributed by atoms with van der Waals surface area (Å²) in [4.78, 5) is 0.